The Hall–Kier alpha value is -0.620. The van der Waals surface area contributed by atoms with Gasteiger partial charge >= 0.3 is 0 Å². The molecule has 0 saturated heterocycles. The Bertz CT molecular complexity index is 565. The Morgan fingerprint density at radius 3 is 2.38 bits per heavy atom. The zero-order valence-electron chi connectivity index (χ0n) is 14.8. The lowest BCUT2D eigenvalue weighted by Gasteiger charge is -2.30. The average molecular weight is 376 g/mol. The molecule has 0 aliphatic carbocycles. The van der Waals surface area contributed by atoms with Crippen molar-refractivity contribution in [1.29, 1.82) is 0 Å². The third-order valence-corrected chi connectivity index (χ3v) is 6.26. The fourth-order valence-corrected chi connectivity index (χ4v) is 4.36. The maximum atomic E-state index is 12.6. The van der Waals surface area contributed by atoms with Crippen LogP contribution < -0.4 is 4.72 Å². The first-order valence-electron chi connectivity index (χ1n) is 8.71. The van der Waals surface area contributed by atoms with Crippen molar-refractivity contribution in [3.05, 3.63) is 30.3 Å². The molecule has 1 unspecified atom stereocenters. The van der Waals surface area contributed by atoms with Gasteiger partial charge in [-0.2, -0.15) is 0 Å². The first-order valence-corrected chi connectivity index (χ1v) is 10.6. The van der Waals surface area contributed by atoms with E-state index >= 15 is 0 Å². The van der Waals surface area contributed by atoms with Crippen molar-refractivity contribution in [3.63, 3.8) is 0 Å². The quantitative estimate of drug-likeness (QED) is 0.576. The van der Waals surface area contributed by atoms with Crippen LogP contribution in [0.4, 0.5) is 0 Å². The van der Waals surface area contributed by atoms with Crippen LogP contribution in [0.1, 0.15) is 52.9 Å². The molecule has 1 rings (SSSR count). The van der Waals surface area contributed by atoms with Crippen LogP contribution in [0.15, 0.2) is 35.2 Å². The van der Waals surface area contributed by atoms with Gasteiger partial charge in [-0.05, 0) is 30.9 Å². The SMILES string of the molecule is CCCCC(Cl)C[C@H](O)[C@@H](NS(=O)(=O)c1ccccc1)[C@@H](C)CC. The van der Waals surface area contributed by atoms with E-state index in [9.17, 15) is 13.5 Å². The number of benzene rings is 1. The number of aliphatic hydroxyl groups excluding tert-OH is 1. The van der Waals surface area contributed by atoms with E-state index in [1.807, 2.05) is 13.8 Å². The van der Waals surface area contributed by atoms with E-state index in [-0.39, 0.29) is 16.2 Å². The van der Waals surface area contributed by atoms with Gasteiger partial charge in [0, 0.05) is 5.38 Å². The summed E-state index contributed by atoms with van der Waals surface area (Å²) in [4.78, 5) is 0.207. The highest BCUT2D eigenvalue weighted by Crippen LogP contribution is 2.22. The lowest BCUT2D eigenvalue weighted by atomic mass is 9.92. The molecule has 0 fully saturated rings. The molecule has 0 aromatic heterocycles. The summed E-state index contributed by atoms with van der Waals surface area (Å²) in [6.45, 7) is 6.02. The molecule has 6 heteroatoms. The monoisotopic (exact) mass is 375 g/mol. The van der Waals surface area contributed by atoms with Gasteiger partial charge in [0.1, 0.15) is 0 Å². The smallest absolute Gasteiger partial charge is 0.240 e. The molecule has 0 bridgehead atoms. The van der Waals surface area contributed by atoms with Crippen LogP contribution in [0.25, 0.3) is 0 Å². The summed E-state index contributed by atoms with van der Waals surface area (Å²) < 4.78 is 27.8. The molecule has 4 nitrogen and oxygen atoms in total. The van der Waals surface area contributed by atoms with Crippen molar-refractivity contribution in [2.45, 2.75) is 75.3 Å². The van der Waals surface area contributed by atoms with E-state index < -0.39 is 22.2 Å². The van der Waals surface area contributed by atoms with Crippen molar-refractivity contribution in [1.82, 2.24) is 4.72 Å². The maximum Gasteiger partial charge on any atom is 0.240 e. The lowest BCUT2D eigenvalue weighted by Crippen LogP contribution is -2.48. The fraction of sp³-hybridized carbons (Fsp3) is 0.667. The number of sulfonamides is 1. The Labute approximate surface area is 151 Å². The number of nitrogens with one attached hydrogen (secondary N) is 1. The minimum Gasteiger partial charge on any atom is -0.391 e. The van der Waals surface area contributed by atoms with Gasteiger partial charge in [0.05, 0.1) is 17.0 Å². The van der Waals surface area contributed by atoms with Gasteiger partial charge in [0.15, 0.2) is 0 Å². The van der Waals surface area contributed by atoms with E-state index in [2.05, 4.69) is 11.6 Å². The molecule has 4 atom stereocenters. The molecule has 138 valence electrons. The zero-order chi connectivity index (χ0) is 18.2. The highest BCUT2D eigenvalue weighted by atomic mass is 35.5. The van der Waals surface area contributed by atoms with Crippen molar-refractivity contribution in [2.75, 3.05) is 0 Å². The Kier molecular flexibility index (Phi) is 9.27. The van der Waals surface area contributed by atoms with Crippen molar-refractivity contribution >= 4 is 21.6 Å². The molecule has 0 spiro atoms. The molecule has 24 heavy (non-hydrogen) atoms. The van der Waals surface area contributed by atoms with Crippen molar-refractivity contribution in [2.24, 2.45) is 5.92 Å². The predicted octanol–water partition coefficient (Wildman–Crippen LogP) is 3.93. The first-order chi connectivity index (χ1) is 11.3. The maximum absolute atomic E-state index is 12.6. The largest absolute Gasteiger partial charge is 0.391 e. The van der Waals surface area contributed by atoms with Crippen LogP contribution in [0, 0.1) is 5.92 Å². The number of hydrogen-bond acceptors (Lipinski definition) is 3. The Morgan fingerprint density at radius 1 is 1.21 bits per heavy atom. The molecule has 0 aliphatic heterocycles. The molecular formula is C18H30ClNO3S. The predicted molar refractivity (Wildman–Crippen MR) is 99.8 cm³/mol. The molecule has 0 saturated carbocycles. The van der Waals surface area contributed by atoms with E-state index in [1.54, 1.807) is 30.3 Å². The van der Waals surface area contributed by atoms with E-state index in [4.69, 9.17) is 11.6 Å². The van der Waals surface area contributed by atoms with Gasteiger partial charge in [-0.1, -0.05) is 58.2 Å². The number of aliphatic hydroxyl groups is 1. The molecule has 0 radical (unpaired) electrons. The number of hydrogen-bond donors (Lipinski definition) is 2. The Balaban J connectivity index is 2.85. The second kappa shape index (κ2) is 10.4. The van der Waals surface area contributed by atoms with Crippen LogP contribution in [0.3, 0.4) is 0 Å². The standard InChI is InChI=1S/C18H30ClNO3S/c1-4-6-10-15(19)13-17(21)18(14(3)5-2)20-24(22,23)16-11-8-7-9-12-16/h7-9,11-12,14-15,17-18,20-21H,4-6,10,13H2,1-3H3/t14-,15?,17-,18-/m0/s1. The number of unbranched alkanes of at least 4 members (excludes halogenated alkanes) is 1. The van der Waals surface area contributed by atoms with Crippen molar-refractivity contribution < 1.29 is 13.5 Å². The highest BCUT2D eigenvalue weighted by Gasteiger charge is 2.30. The van der Waals surface area contributed by atoms with Crippen LogP contribution >= 0.6 is 11.6 Å². The summed E-state index contributed by atoms with van der Waals surface area (Å²) in [5.41, 5.74) is 0. The van der Waals surface area contributed by atoms with E-state index in [0.29, 0.717) is 6.42 Å². The summed E-state index contributed by atoms with van der Waals surface area (Å²) >= 11 is 6.30. The number of halogens is 1. The second-order valence-corrected chi connectivity index (χ2v) is 8.72. The fourth-order valence-electron chi connectivity index (χ4n) is 2.63. The van der Waals surface area contributed by atoms with Gasteiger partial charge in [-0.25, -0.2) is 13.1 Å². The zero-order valence-corrected chi connectivity index (χ0v) is 16.4. The topological polar surface area (TPSA) is 66.4 Å². The summed E-state index contributed by atoms with van der Waals surface area (Å²) in [6, 6.07) is 7.68. The molecule has 1 aromatic carbocycles. The van der Waals surface area contributed by atoms with Crippen LogP contribution in [0.2, 0.25) is 0 Å². The van der Waals surface area contributed by atoms with Gasteiger partial charge in [0.25, 0.3) is 0 Å². The molecule has 0 heterocycles. The summed E-state index contributed by atoms with van der Waals surface area (Å²) in [5.74, 6) is 0.00790. The van der Waals surface area contributed by atoms with Crippen molar-refractivity contribution in [3.8, 4) is 0 Å². The molecule has 2 N–H and O–H groups in total. The highest BCUT2D eigenvalue weighted by molar-refractivity contribution is 7.89. The van der Waals surface area contributed by atoms with Crippen LogP contribution in [-0.4, -0.2) is 31.0 Å². The van der Waals surface area contributed by atoms with Crippen LogP contribution in [0.5, 0.6) is 0 Å². The van der Waals surface area contributed by atoms with Gasteiger partial charge in [-0.3, -0.25) is 0 Å². The average Bonchev–Trinajstić information content (AvgIpc) is 2.57. The van der Waals surface area contributed by atoms with Gasteiger partial charge < -0.3 is 5.11 Å². The first kappa shape index (κ1) is 21.4. The molecule has 1 aromatic rings. The number of rotatable bonds is 11. The molecular weight excluding hydrogens is 346 g/mol. The van der Waals surface area contributed by atoms with Crippen LogP contribution in [-0.2, 0) is 10.0 Å². The number of alkyl halides is 1. The summed E-state index contributed by atoms with van der Waals surface area (Å²) in [6.07, 6.45) is 3.22. The van der Waals surface area contributed by atoms with Gasteiger partial charge in [0.2, 0.25) is 10.0 Å². The Morgan fingerprint density at radius 2 is 1.83 bits per heavy atom. The third-order valence-electron chi connectivity index (χ3n) is 4.38. The normalized spacial score (nSPS) is 17.2. The minimum atomic E-state index is -3.67. The summed E-state index contributed by atoms with van der Waals surface area (Å²) in [7, 11) is -3.67. The lowest BCUT2D eigenvalue weighted by molar-refractivity contribution is 0.101. The molecule has 0 amide bonds. The van der Waals surface area contributed by atoms with E-state index in [1.165, 1.54) is 0 Å². The third kappa shape index (κ3) is 6.71. The van der Waals surface area contributed by atoms with E-state index in [0.717, 1.165) is 25.7 Å². The minimum absolute atomic E-state index is 0.00790. The summed E-state index contributed by atoms with van der Waals surface area (Å²) in [5, 5.41) is 10.4. The molecule has 0 aliphatic rings. The second-order valence-electron chi connectivity index (χ2n) is 6.39. The van der Waals surface area contributed by atoms with Gasteiger partial charge in [-0.15, -0.1) is 11.6 Å².